The third kappa shape index (κ3) is 4.77. The van der Waals surface area contributed by atoms with Crippen LogP contribution in [0.1, 0.15) is 26.2 Å². The SMILES string of the molecule is CC1(C(=O)O)CCCC1NC(=O)NCCSC(F)(F)F. The van der Waals surface area contributed by atoms with Crippen molar-refractivity contribution in [3.63, 3.8) is 0 Å². The number of carboxylic acid groups (broad SMARTS) is 1. The summed E-state index contributed by atoms with van der Waals surface area (Å²) in [5.74, 6) is -1.26. The van der Waals surface area contributed by atoms with Crippen LogP contribution in [0.3, 0.4) is 0 Å². The van der Waals surface area contributed by atoms with Crippen LogP contribution in [0.5, 0.6) is 0 Å². The van der Waals surface area contributed by atoms with Gasteiger partial charge in [0, 0.05) is 18.3 Å². The molecule has 1 aliphatic rings. The zero-order valence-electron chi connectivity index (χ0n) is 10.9. The van der Waals surface area contributed by atoms with Crippen LogP contribution in [0.25, 0.3) is 0 Å². The van der Waals surface area contributed by atoms with E-state index in [9.17, 15) is 22.8 Å². The van der Waals surface area contributed by atoms with E-state index in [1.165, 1.54) is 0 Å². The number of carbonyl (C=O) groups is 2. The maximum Gasteiger partial charge on any atom is 0.441 e. The highest BCUT2D eigenvalue weighted by Crippen LogP contribution is 2.38. The summed E-state index contributed by atoms with van der Waals surface area (Å²) in [6.07, 6.45) is 1.71. The van der Waals surface area contributed by atoms with Crippen molar-refractivity contribution in [3.05, 3.63) is 0 Å². The third-order valence-corrected chi connectivity index (χ3v) is 4.14. The van der Waals surface area contributed by atoms with Crippen molar-refractivity contribution in [2.24, 2.45) is 5.41 Å². The van der Waals surface area contributed by atoms with Crippen LogP contribution in [0, 0.1) is 5.41 Å². The maximum atomic E-state index is 11.9. The molecule has 1 saturated carbocycles. The van der Waals surface area contributed by atoms with E-state index in [4.69, 9.17) is 5.11 Å². The lowest BCUT2D eigenvalue weighted by Gasteiger charge is -2.27. The number of halogens is 3. The quantitative estimate of drug-likeness (QED) is 0.680. The van der Waals surface area contributed by atoms with Crippen LogP contribution in [0.2, 0.25) is 0 Å². The van der Waals surface area contributed by atoms with Crippen molar-refractivity contribution in [2.45, 2.75) is 37.7 Å². The summed E-state index contributed by atoms with van der Waals surface area (Å²) in [6.45, 7) is 1.43. The van der Waals surface area contributed by atoms with Crippen LogP contribution in [-0.4, -0.2) is 41.0 Å². The zero-order chi connectivity index (χ0) is 15.4. The molecule has 0 heterocycles. The Balaban J connectivity index is 2.34. The molecule has 2 unspecified atom stereocenters. The van der Waals surface area contributed by atoms with Gasteiger partial charge in [-0.15, -0.1) is 0 Å². The zero-order valence-corrected chi connectivity index (χ0v) is 11.7. The molecule has 0 aliphatic heterocycles. The van der Waals surface area contributed by atoms with Crippen LogP contribution in [0.15, 0.2) is 0 Å². The Morgan fingerprint density at radius 2 is 2.10 bits per heavy atom. The minimum atomic E-state index is -4.31. The fraction of sp³-hybridized carbons (Fsp3) is 0.818. The first-order valence-electron chi connectivity index (χ1n) is 6.13. The van der Waals surface area contributed by atoms with Gasteiger partial charge in [0.05, 0.1) is 5.41 Å². The molecule has 116 valence electrons. The number of amides is 2. The Hall–Kier alpha value is -1.12. The van der Waals surface area contributed by atoms with Gasteiger partial charge >= 0.3 is 17.5 Å². The fourth-order valence-corrected chi connectivity index (χ4v) is 2.63. The number of alkyl halides is 3. The van der Waals surface area contributed by atoms with Crippen molar-refractivity contribution < 1.29 is 27.9 Å². The third-order valence-electron chi connectivity index (χ3n) is 3.41. The van der Waals surface area contributed by atoms with Crippen molar-refractivity contribution >= 4 is 23.8 Å². The van der Waals surface area contributed by atoms with E-state index in [2.05, 4.69) is 10.6 Å². The molecule has 0 spiro atoms. The van der Waals surface area contributed by atoms with Crippen molar-refractivity contribution in [1.29, 1.82) is 0 Å². The number of carboxylic acids is 1. The lowest BCUT2D eigenvalue weighted by Crippen LogP contribution is -2.50. The minimum Gasteiger partial charge on any atom is -0.481 e. The number of thioether (sulfide) groups is 1. The number of carbonyl (C=O) groups excluding carboxylic acids is 1. The Labute approximate surface area is 118 Å². The fourth-order valence-electron chi connectivity index (χ4n) is 2.19. The second kappa shape index (κ2) is 6.55. The van der Waals surface area contributed by atoms with Gasteiger partial charge in [-0.2, -0.15) is 13.2 Å². The molecule has 5 nitrogen and oxygen atoms in total. The molecule has 1 aliphatic carbocycles. The second-order valence-electron chi connectivity index (χ2n) is 4.86. The van der Waals surface area contributed by atoms with Gasteiger partial charge in [0.2, 0.25) is 0 Å². The van der Waals surface area contributed by atoms with Gasteiger partial charge in [-0.3, -0.25) is 4.79 Å². The first-order valence-corrected chi connectivity index (χ1v) is 7.12. The van der Waals surface area contributed by atoms with E-state index in [0.717, 1.165) is 0 Å². The van der Waals surface area contributed by atoms with Crippen LogP contribution >= 0.6 is 11.8 Å². The lowest BCUT2D eigenvalue weighted by molar-refractivity contribution is -0.148. The summed E-state index contributed by atoms with van der Waals surface area (Å²) >= 11 is -0.214. The van der Waals surface area contributed by atoms with Crippen LogP contribution < -0.4 is 10.6 Å². The molecule has 2 atom stereocenters. The van der Waals surface area contributed by atoms with Gasteiger partial charge in [0.15, 0.2) is 0 Å². The molecule has 9 heteroatoms. The summed E-state index contributed by atoms with van der Waals surface area (Å²) in [5, 5.41) is 14.0. The number of hydrogen-bond donors (Lipinski definition) is 3. The summed E-state index contributed by atoms with van der Waals surface area (Å²) in [4.78, 5) is 22.7. The van der Waals surface area contributed by atoms with E-state index in [-0.39, 0.29) is 24.1 Å². The summed E-state index contributed by atoms with van der Waals surface area (Å²) in [5.41, 5.74) is -5.33. The molecular weight excluding hydrogens is 297 g/mol. The largest absolute Gasteiger partial charge is 0.481 e. The van der Waals surface area contributed by atoms with Gasteiger partial charge < -0.3 is 15.7 Å². The molecular formula is C11H17F3N2O3S. The molecule has 0 aromatic carbocycles. The van der Waals surface area contributed by atoms with Crippen LogP contribution in [0.4, 0.5) is 18.0 Å². The first kappa shape index (κ1) is 16.9. The lowest BCUT2D eigenvalue weighted by atomic mass is 9.85. The normalized spacial score (nSPS) is 26.3. The smallest absolute Gasteiger partial charge is 0.441 e. The molecule has 2 amide bonds. The molecule has 1 rings (SSSR count). The average Bonchev–Trinajstić information content (AvgIpc) is 2.67. The van der Waals surface area contributed by atoms with Gasteiger partial charge in [-0.05, 0) is 31.5 Å². The van der Waals surface area contributed by atoms with Crippen molar-refractivity contribution in [3.8, 4) is 0 Å². The Morgan fingerprint density at radius 3 is 2.65 bits per heavy atom. The predicted octanol–water partition coefficient (Wildman–Crippen LogP) is 2.18. The highest BCUT2D eigenvalue weighted by Gasteiger charge is 2.45. The molecule has 0 aromatic heterocycles. The maximum absolute atomic E-state index is 11.9. The van der Waals surface area contributed by atoms with Gasteiger partial charge in [-0.1, -0.05) is 6.42 Å². The minimum absolute atomic E-state index is 0.132. The summed E-state index contributed by atoms with van der Waals surface area (Å²) < 4.78 is 35.6. The van der Waals surface area contributed by atoms with Crippen LogP contribution in [-0.2, 0) is 4.79 Å². The molecule has 0 saturated heterocycles. The number of rotatable bonds is 5. The predicted molar refractivity (Wildman–Crippen MR) is 68.4 cm³/mol. The van der Waals surface area contributed by atoms with Gasteiger partial charge in [0.25, 0.3) is 0 Å². The van der Waals surface area contributed by atoms with E-state index in [0.29, 0.717) is 19.3 Å². The summed E-state index contributed by atoms with van der Waals surface area (Å²) in [7, 11) is 0. The molecule has 0 aromatic rings. The van der Waals surface area contributed by atoms with E-state index >= 15 is 0 Å². The van der Waals surface area contributed by atoms with Crippen molar-refractivity contribution in [2.75, 3.05) is 12.3 Å². The number of nitrogens with one attached hydrogen (secondary N) is 2. The Morgan fingerprint density at radius 1 is 1.45 bits per heavy atom. The molecule has 1 fully saturated rings. The first-order chi connectivity index (χ1) is 9.15. The standard InChI is InChI=1S/C11H17F3N2O3S/c1-10(8(17)18)4-2-3-7(10)16-9(19)15-5-6-20-11(12,13)14/h7H,2-6H2,1H3,(H,17,18)(H2,15,16,19). The molecule has 0 bridgehead atoms. The molecule has 20 heavy (non-hydrogen) atoms. The number of urea groups is 1. The Bertz CT molecular complexity index is 378. The number of aliphatic carboxylic acids is 1. The monoisotopic (exact) mass is 314 g/mol. The van der Waals surface area contributed by atoms with Gasteiger partial charge in [-0.25, -0.2) is 4.79 Å². The van der Waals surface area contributed by atoms with Gasteiger partial charge in [0.1, 0.15) is 0 Å². The van der Waals surface area contributed by atoms with E-state index < -0.39 is 29.0 Å². The highest BCUT2D eigenvalue weighted by molar-refractivity contribution is 8.00. The molecule has 3 N–H and O–H groups in total. The summed E-state index contributed by atoms with van der Waals surface area (Å²) in [6, 6.07) is -1.14. The molecule has 0 radical (unpaired) electrons. The second-order valence-corrected chi connectivity index (χ2v) is 6.02. The Kier molecular flexibility index (Phi) is 5.55. The number of hydrogen-bond acceptors (Lipinski definition) is 3. The highest BCUT2D eigenvalue weighted by atomic mass is 32.2. The van der Waals surface area contributed by atoms with E-state index in [1.54, 1.807) is 6.92 Å². The average molecular weight is 314 g/mol. The van der Waals surface area contributed by atoms with E-state index in [1.807, 2.05) is 0 Å². The van der Waals surface area contributed by atoms with Crippen molar-refractivity contribution in [1.82, 2.24) is 10.6 Å². The topological polar surface area (TPSA) is 78.4 Å².